The summed E-state index contributed by atoms with van der Waals surface area (Å²) >= 11 is 6.26. The van der Waals surface area contributed by atoms with Crippen molar-refractivity contribution in [3.05, 3.63) is 22.7 Å². The van der Waals surface area contributed by atoms with E-state index in [2.05, 4.69) is 13.8 Å². The van der Waals surface area contributed by atoms with Crippen molar-refractivity contribution in [2.75, 3.05) is 26.8 Å². The Labute approximate surface area is 142 Å². The first-order valence-corrected chi connectivity index (χ1v) is 8.23. The fourth-order valence-electron chi connectivity index (χ4n) is 2.86. The fraction of sp³-hybridized carbons (Fsp3) is 0.588. The van der Waals surface area contributed by atoms with Gasteiger partial charge in [0.15, 0.2) is 11.5 Å². The second-order valence-corrected chi connectivity index (χ2v) is 6.94. The monoisotopic (exact) mass is 340 g/mol. The molecule has 1 atom stereocenters. The quantitative estimate of drug-likeness (QED) is 0.915. The van der Waals surface area contributed by atoms with Crippen LogP contribution in [0.4, 0.5) is 0 Å². The van der Waals surface area contributed by atoms with Gasteiger partial charge < -0.3 is 20.1 Å². The van der Waals surface area contributed by atoms with Gasteiger partial charge in [-0.15, -0.1) is 0 Å². The van der Waals surface area contributed by atoms with E-state index in [0.29, 0.717) is 41.8 Å². The maximum absolute atomic E-state index is 12.8. The number of rotatable bonds is 4. The van der Waals surface area contributed by atoms with Crippen LogP contribution in [0.3, 0.4) is 0 Å². The number of amides is 1. The fourth-order valence-corrected chi connectivity index (χ4v) is 3.12. The minimum absolute atomic E-state index is 0.0618. The molecule has 1 aromatic carbocycles. The largest absolute Gasteiger partial charge is 0.493 e. The lowest BCUT2D eigenvalue weighted by Gasteiger charge is -2.42. The van der Waals surface area contributed by atoms with Crippen LogP contribution in [0.5, 0.6) is 11.5 Å². The second-order valence-electron chi connectivity index (χ2n) is 6.53. The molecule has 0 aromatic heterocycles. The van der Waals surface area contributed by atoms with Crippen molar-refractivity contribution in [3.63, 3.8) is 0 Å². The molecule has 1 unspecified atom stereocenters. The molecule has 1 aliphatic rings. The Balaban J connectivity index is 2.28. The summed E-state index contributed by atoms with van der Waals surface area (Å²) in [6.07, 6.45) is 0.792. The number of piperidine rings is 1. The van der Waals surface area contributed by atoms with Gasteiger partial charge in [-0.05, 0) is 30.9 Å². The van der Waals surface area contributed by atoms with Gasteiger partial charge in [-0.2, -0.15) is 0 Å². The van der Waals surface area contributed by atoms with Crippen LogP contribution in [0.2, 0.25) is 5.02 Å². The molecule has 1 amide bonds. The van der Waals surface area contributed by atoms with E-state index in [1.165, 1.54) is 7.11 Å². The zero-order chi connectivity index (χ0) is 17.2. The maximum Gasteiger partial charge on any atom is 0.254 e. The third kappa shape index (κ3) is 3.72. The summed E-state index contributed by atoms with van der Waals surface area (Å²) in [5.74, 6) is 0.873. The average Bonchev–Trinajstić information content (AvgIpc) is 2.51. The lowest BCUT2D eigenvalue weighted by Crippen LogP contribution is -2.54. The summed E-state index contributed by atoms with van der Waals surface area (Å²) in [4.78, 5) is 14.6. The smallest absolute Gasteiger partial charge is 0.254 e. The number of likely N-dealkylation sites (tertiary alicyclic amines) is 1. The zero-order valence-electron chi connectivity index (χ0n) is 14.2. The molecule has 5 nitrogen and oxygen atoms in total. The number of carbonyl (C=O) groups is 1. The number of nitrogens with two attached hydrogens (primary N) is 1. The van der Waals surface area contributed by atoms with E-state index in [1.807, 2.05) is 11.8 Å². The minimum Gasteiger partial charge on any atom is -0.493 e. The van der Waals surface area contributed by atoms with Gasteiger partial charge in [0.1, 0.15) is 0 Å². The SMILES string of the molecule is CCOc1c(Cl)cc(C(=O)N2CCC(N)C(C)(C)C2)cc1OC. The van der Waals surface area contributed by atoms with Gasteiger partial charge in [0.25, 0.3) is 5.91 Å². The number of nitrogens with zero attached hydrogens (tertiary/aromatic N) is 1. The molecule has 1 heterocycles. The predicted molar refractivity (Wildman–Crippen MR) is 91.4 cm³/mol. The summed E-state index contributed by atoms with van der Waals surface area (Å²) < 4.78 is 10.8. The van der Waals surface area contributed by atoms with Gasteiger partial charge in [-0.3, -0.25) is 4.79 Å². The normalized spacial score (nSPS) is 20.3. The van der Waals surface area contributed by atoms with Crippen LogP contribution in [0.25, 0.3) is 0 Å². The molecule has 23 heavy (non-hydrogen) atoms. The van der Waals surface area contributed by atoms with Crippen molar-refractivity contribution in [1.82, 2.24) is 4.90 Å². The number of hydrogen-bond acceptors (Lipinski definition) is 4. The van der Waals surface area contributed by atoms with E-state index in [1.54, 1.807) is 12.1 Å². The number of carbonyl (C=O) groups excluding carboxylic acids is 1. The summed E-state index contributed by atoms with van der Waals surface area (Å²) in [5.41, 5.74) is 6.54. The summed E-state index contributed by atoms with van der Waals surface area (Å²) in [6.45, 7) is 7.79. The number of halogens is 1. The molecule has 2 N–H and O–H groups in total. The van der Waals surface area contributed by atoms with Crippen LogP contribution < -0.4 is 15.2 Å². The molecule has 0 radical (unpaired) electrons. The summed E-state index contributed by atoms with van der Waals surface area (Å²) in [6, 6.07) is 3.42. The highest BCUT2D eigenvalue weighted by Crippen LogP contribution is 2.37. The standard InChI is InChI=1S/C17H25ClN2O3/c1-5-23-15-12(18)8-11(9-13(15)22-4)16(21)20-7-6-14(19)17(2,3)10-20/h8-9,14H,5-7,10,19H2,1-4H3. The second kappa shape index (κ2) is 6.97. The Morgan fingerprint density at radius 2 is 2.17 bits per heavy atom. The molecule has 0 bridgehead atoms. The Bertz CT molecular complexity index is 589. The van der Waals surface area contributed by atoms with Gasteiger partial charge in [0, 0.05) is 24.7 Å². The molecule has 0 saturated carbocycles. The molecular weight excluding hydrogens is 316 g/mol. The molecule has 1 fully saturated rings. The van der Waals surface area contributed by atoms with Crippen LogP contribution >= 0.6 is 11.6 Å². The van der Waals surface area contributed by atoms with Crippen molar-refractivity contribution in [2.24, 2.45) is 11.1 Å². The maximum atomic E-state index is 12.8. The van der Waals surface area contributed by atoms with Crippen LogP contribution in [0.1, 0.15) is 37.6 Å². The first-order valence-electron chi connectivity index (χ1n) is 7.85. The molecule has 0 aliphatic carbocycles. The minimum atomic E-state index is -0.104. The number of hydrogen-bond donors (Lipinski definition) is 1. The molecular formula is C17H25ClN2O3. The topological polar surface area (TPSA) is 64.8 Å². The molecule has 1 saturated heterocycles. The average molecular weight is 341 g/mol. The van der Waals surface area contributed by atoms with Crippen molar-refractivity contribution >= 4 is 17.5 Å². The molecule has 1 aliphatic heterocycles. The molecule has 0 spiro atoms. The Morgan fingerprint density at radius 3 is 2.74 bits per heavy atom. The first-order chi connectivity index (χ1) is 10.8. The Hall–Kier alpha value is -1.46. The molecule has 1 aromatic rings. The lowest BCUT2D eigenvalue weighted by molar-refractivity contribution is 0.0532. The van der Waals surface area contributed by atoms with Crippen molar-refractivity contribution < 1.29 is 14.3 Å². The summed E-state index contributed by atoms with van der Waals surface area (Å²) in [7, 11) is 1.53. The highest BCUT2D eigenvalue weighted by molar-refractivity contribution is 6.32. The van der Waals surface area contributed by atoms with Crippen LogP contribution in [-0.2, 0) is 0 Å². The van der Waals surface area contributed by atoms with E-state index < -0.39 is 0 Å². The highest BCUT2D eigenvalue weighted by atomic mass is 35.5. The Morgan fingerprint density at radius 1 is 1.48 bits per heavy atom. The first kappa shape index (κ1) is 17.9. The molecule has 2 rings (SSSR count). The van der Waals surface area contributed by atoms with E-state index in [9.17, 15) is 4.79 Å². The van der Waals surface area contributed by atoms with E-state index in [0.717, 1.165) is 6.42 Å². The van der Waals surface area contributed by atoms with Gasteiger partial charge in [-0.25, -0.2) is 0 Å². The Kier molecular flexibility index (Phi) is 5.42. The number of ether oxygens (including phenoxy) is 2. The van der Waals surface area contributed by atoms with Crippen molar-refractivity contribution in [2.45, 2.75) is 33.2 Å². The van der Waals surface area contributed by atoms with Crippen LogP contribution in [0.15, 0.2) is 12.1 Å². The van der Waals surface area contributed by atoms with Gasteiger partial charge >= 0.3 is 0 Å². The van der Waals surface area contributed by atoms with Crippen LogP contribution in [0, 0.1) is 5.41 Å². The lowest BCUT2D eigenvalue weighted by atomic mass is 9.79. The zero-order valence-corrected chi connectivity index (χ0v) is 14.9. The van der Waals surface area contributed by atoms with Gasteiger partial charge in [0.05, 0.1) is 18.7 Å². The van der Waals surface area contributed by atoms with E-state index in [4.69, 9.17) is 26.8 Å². The van der Waals surface area contributed by atoms with Crippen LogP contribution in [-0.4, -0.2) is 43.7 Å². The number of benzene rings is 1. The third-order valence-corrected chi connectivity index (χ3v) is 4.65. The van der Waals surface area contributed by atoms with E-state index in [-0.39, 0.29) is 17.4 Å². The highest BCUT2D eigenvalue weighted by Gasteiger charge is 2.35. The third-order valence-electron chi connectivity index (χ3n) is 4.36. The van der Waals surface area contributed by atoms with E-state index >= 15 is 0 Å². The van der Waals surface area contributed by atoms with Gasteiger partial charge in [-0.1, -0.05) is 25.4 Å². The molecule has 6 heteroatoms. The number of methoxy groups -OCH3 is 1. The predicted octanol–water partition coefficient (Wildman–Crippen LogP) is 2.95. The van der Waals surface area contributed by atoms with Crippen molar-refractivity contribution in [1.29, 1.82) is 0 Å². The molecule has 128 valence electrons. The van der Waals surface area contributed by atoms with Crippen molar-refractivity contribution in [3.8, 4) is 11.5 Å². The summed E-state index contributed by atoms with van der Waals surface area (Å²) in [5, 5.41) is 0.377. The van der Waals surface area contributed by atoms with Gasteiger partial charge in [0.2, 0.25) is 0 Å².